The van der Waals surface area contributed by atoms with Crippen molar-refractivity contribution in [2.24, 2.45) is 0 Å². The molecule has 0 spiro atoms. The molecule has 5 amide bonds. The van der Waals surface area contributed by atoms with Gasteiger partial charge in [-0.2, -0.15) is 0 Å². The SMILES string of the molecule is Cc1[nH]c(C(=O)NC2CC2)c(C)c1-c1cc(Cl)ncn1.Cc1[nH]c(C(=O)NC2Cc3ccccc3C2)c(C)c1-c1cc(Cl)ncn1.O=C(NC1CCC(O)CC1)c1cc(-c2ccnc(Cl)c2)c[nH]1.O=C(NCC(O)c1ccccc1)c1cc(-c2ccnc(Cl)c2)c[nH]1.O=C(N[C@H]1CCCC[C@H]1O)c1cc(-c2cc(Cl)ncn2)c[nH]1. The van der Waals surface area contributed by atoms with Crippen molar-refractivity contribution in [2.45, 2.75) is 147 Å². The van der Waals surface area contributed by atoms with Crippen LogP contribution in [0.4, 0.5) is 0 Å². The molecule has 3 fully saturated rings. The normalized spacial score (nSPS) is 16.5. The fourth-order valence-electron chi connectivity index (χ4n) is 13.9. The van der Waals surface area contributed by atoms with Gasteiger partial charge in [-0.25, -0.2) is 39.9 Å². The van der Waals surface area contributed by atoms with Gasteiger partial charge in [0, 0.05) is 113 Å². The number of hydrogen-bond donors (Lipinski definition) is 13. The van der Waals surface area contributed by atoms with Crippen LogP contribution in [-0.4, -0.2) is 153 Å². The molecule has 0 bridgehead atoms. The first-order valence-electron chi connectivity index (χ1n) is 37.3. The van der Waals surface area contributed by atoms with Crippen LogP contribution in [0.5, 0.6) is 0 Å². The van der Waals surface area contributed by atoms with Crippen molar-refractivity contribution in [3.05, 3.63) is 259 Å². The monoisotopic (exact) mass is 1640 g/mol. The third-order valence-electron chi connectivity index (χ3n) is 20.0. The predicted molar refractivity (Wildman–Crippen MR) is 438 cm³/mol. The summed E-state index contributed by atoms with van der Waals surface area (Å²) in [5.41, 5.74) is 17.6. The average Bonchev–Trinajstić information content (AvgIpc) is 1.50. The van der Waals surface area contributed by atoms with Crippen LogP contribution in [0.2, 0.25) is 25.8 Å². The molecule has 4 aliphatic carbocycles. The maximum Gasteiger partial charge on any atom is 0.268 e. The third-order valence-corrected chi connectivity index (χ3v) is 21.0. The number of carbonyl (C=O) groups is 5. The molecule has 0 radical (unpaired) electrons. The lowest BCUT2D eigenvalue weighted by Crippen LogP contribution is -2.45. The van der Waals surface area contributed by atoms with Crippen molar-refractivity contribution in [3.8, 4) is 56.0 Å². The highest BCUT2D eigenvalue weighted by Crippen LogP contribution is 2.33. The minimum absolute atomic E-state index is 0.0560. The zero-order valence-electron chi connectivity index (χ0n) is 62.7. The number of benzene rings is 2. The van der Waals surface area contributed by atoms with Crippen LogP contribution in [0.15, 0.2) is 165 Å². The summed E-state index contributed by atoms with van der Waals surface area (Å²) in [5, 5.41) is 46.2. The highest BCUT2D eigenvalue weighted by atomic mass is 35.5. The molecule has 4 aliphatic rings. The maximum atomic E-state index is 12.8. The second kappa shape index (κ2) is 38.7. The Kier molecular flexibility index (Phi) is 28.0. The zero-order valence-corrected chi connectivity index (χ0v) is 66.5. The number of aromatic nitrogens is 13. The standard InChI is InChI=1S/C20H19ClN4O.C18H16ClN3O2.C16H18ClN3O2.C15H17ClN4O2.C14H15ClN4O/c1-11-18(16-9-17(21)23-10-22-16)12(2)24-19(11)20(26)25-15-7-13-5-3-4-6-14(13)8-15;19-17-9-13(6-7-20-17)14-8-15(21-10-14)18(24)22-11-16(23)12-4-2-1-3-5-12;17-15-8-10(5-6-18-15)11-7-14(19-9-11)16(22)20-12-1-3-13(21)4-2-12;16-14-6-11(18-8-19-14)9-5-12(17-7-9)15(22)20-10-3-1-2-4-13(10)21;1-7-12(10-5-11(15)17-6-16-10)8(2)18-13(7)14(20)19-9-3-4-9/h3-6,9-10,15,24H,7-8H2,1-2H3,(H,25,26);1-10,16,21,23H,11H2,(H,22,24);5-9,12-13,19,21H,1-4H2,(H,20,22);5-8,10,13,17,21H,1-4H2,(H,20,22);5-6,9,18H,3-4H2,1-2H3,(H,19,20)/t;;;10-,13+;/m...0./s1. The summed E-state index contributed by atoms with van der Waals surface area (Å²) in [6.45, 7) is 7.83. The number of hydrogen-bond acceptors (Lipinski definition) is 16. The molecule has 10 aromatic heterocycles. The Balaban J connectivity index is 0.000000132. The molecule has 13 N–H and O–H groups in total. The van der Waals surface area contributed by atoms with E-state index in [2.05, 4.69) is 104 Å². The fraction of sp³-hybridized carbons (Fsp3) is 0.289. The van der Waals surface area contributed by atoms with E-state index in [1.807, 2.05) is 82.3 Å². The van der Waals surface area contributed by atoms with Crippen LogP contribution >= 0.6 is 58.0 Å². The van der Waals surface area contributed by atoms with Gasteiger partial charge in [-0.3, -0.25) is 24.0 Å². The number of carbonyl (C=O) groups excluding carboxylic acids is 5. The Morgan fingerprint density at radius 2 is 0.860 bits per heavy atom. The number of aliphatic hydroxyl groups is 3. The quantitative estimate of drug-likeness (QED) is 0.0297. The van der Waals surface area contributed by atoms with E-state index in [1.54, 1.807) is 79.5 Å². The van der Waals surface area contributed by atoms with Crippen LogP contribution in [0.3, 0.4) is 0 Å². The molecule has 3 saturated carbocycles. The molecule has 590 valence electrons. The number of amides is 5. The summed E-state index contributed by atoms with van der Waals surface area (Å²) in [6.07, 6.45) is 21.8. The molecule has 114 heavy (non-hydrogen) atoms. The van der Waals surface area contributed by atoms with Gasteiger partial charge >= 0.3 is 0 Å². The summed E-state index contributed by atoms with van der Waals surface area (Å²) in [6, 6.07) is 35.4. The van der Waals surface area contributed by atoms with Crippen LogP contribution in [0, 0.1) is 27.7 Å². The lowest BCUT2D eigenvalue weighted by Gasteiger charge is -2.28. The van der Waals surface area contributed by atoms with Crippen molar-refractivity contribution in [1.82, 2.24) is 91.4 Å². The minimum atomic E-state index is -0.747. The minimum Gasteiger partial charge on any atom is -0.393 e. The van der Waals surface area contributed by atoms with Gasteiger partial charge in [-0.15, -0.1) is 0 Å². The molecule has 31 heteroatoms. The Labute approximate surface area is 682 Å². The Hall–Kier alpha value is -10.9. The summed E-state index contributed by atoms with van der Waals surface area (Å²) in [5.74, 6) is -0.768. The maximum absolute atomic E-state index is 12.8. The number of aliphatic hydroxyl groups excluding tert-OH is 3. The van der Waals surface area contributed by atoms with Crippen molar-refractivity contribution >= 4 is 87.5 Å². The van der Waals surface area contributed by atoms with Crippen molar-refractivity contribution in [1.29, 1.82) is 0 Å². The molecule has 0 aliphatic heterocycles. The smallest absolute Gasteiger partial charge is 0.268 e. The third kappa shape index (κ3) is 22.1. The van der Waals surface area contributed by atoms with Gasteiger partial charge < -0.3 is 66.8 Å². The van der Waals surface area contributed by atoms with E-state index >= 15 is 0 Å². The number of pyridine rings is 2. The number of nitrogens with one attached hydrogen (secondary N) is 10. The summed E-state index contributed by atoms with van der Waals surface area (Å²) >= 11 is 29.5. The van der Waals surface area contributed by atoms with Crippen LogP contribution < -0.4 is 26.6 Å². The van der Waals surface area contributed by atoms with Gasteiger partial charge in [0.2, 0.25) is 0 Å². The van der Waals surface area contributed by atoms with Gasteiger partial charge in [-0.05, 0) is 173 Å². The number of aryl methyl sites for hydroxylation is 2. The fourth-order valence-corrected chi connectivity index (χ4v) is 14.7. The molecule has 3 atom stereocenters. The largest absolute Gasteiger partial charge is 0.393 e. The first-order chi connectivity index (χ1) is 55.0. The van der Waals surface area contributed by atoms with Crippen LogP contribution in [-0.2, 0) is 12.8 Å². The van der Waals surface area contributed by atoms with E-state index < -0.39 is 12.2 Å². The van der Waals surface area contributed by atoms with Gasteiger partial charge in [0.25, 0.3) is 29.5 Å². The highest BCUT2D eigenvalue weighted by molar-refractivity contribution is 6.31. The topological polar surface area (TPSA) is 388 Å². The molecule has 12 aromatic rings. The van der Waals surface area contributed by atoms with Gasteiger partial charge in [0.1, 0.15) is 73.2 Å². The molecule has 2 aromatic carbocycles. The molecule has 16 rings (SSSR count). The van der Waals surface area contributed by atoms with Crippen molar-refractivity contribution in [2.75, 3.05) is 6.54 Å². The molecule has 1 unspecified atom stereocenters. The Bertz CT molecular complexity index is 5320. The van der Waals surface area contributed by atoms with Gasteiger partial charge in [0.05, 0.1) is 41.4 Å². The van der Waals surface area contributed by atoms with E-state index in [9.17, 15) is 39.3 Å². The number of H-pyrrole nitrogens is 5. The molecular weight excluding hydrogens is 1550 g/mol. The number of rotatable bonds is 17. The Morgan fingerprint density at radius 1 is 0.439 bits per heavy atom. The molecular formula is C83H85Cl5N18O8. The van der Waals surface area contributed by atoms with Gasteiger partial charge in [0.15, 0.2) is 0 Å². The van der Waals surface area contributed by atoms with Crippen molar-refractivity contribution in [3.63, 3.8) is 0 Å². The highest BCUT2D eigenvalue weighted by Gasteiger charge is 2.30. The first-order valence-corrected chi connectivity index (χ1v) is 39.1. The van der Waals surface area contributed by atoms with E-state index in [4.69, 9.17) is 58.0 Å². The second-order valence-corrected chi connectivity index (χ2v) is 30.1. The zero-order chi connectivity index (χ0) is 80.5. The average molecular weight is 1640 g/mol. The first kappa shape index (κ1) is 82.5. The summed E-state index contributed by atoms with van der Waals surface area (Å²) in [4.78, 5) is 109. The van der Waals surface area contributed by atoms with E-state index in [0.717, 1.165) is 150 Å². The van der Waals surface area contributed by atoms with E-state index in [-0.39, 0.29) is 60.3 Å². The van der Waals surface area contributed by atoms with Crippen LogP contribution in [0.25, 0.3) is 56.0 Å². The predicted octanol–water partition coefficient (Wildman–Crippen LogP) is 14.4. The number of fused-ring (bicyclic) bond motifs is 1. The van der Waals surface area contributed by atoms with Crippen LogP contribution in [0.1, 0.15) is 162 Å². The van der Waals surface area contributed by atoms with Gasteiger partial charge in [-0.1, -0.05) is 125 Å². The molecule has 10 heterocycles. The number of halogens is 5. The second-order valence-electron chi connectivity index (χ2n) is 28.2. The van der Waals surface area contributed by atoms with E-state index in [0.29, 0.717) is 71.7 Å². The van der Waals surface area contributed by atoms with Crippen molar-refractivity contribution < 1.29 is 39.3 Å². The summed E-state index contributed by atoms with van der Waals surface area (Å²) in [7, 11) is 0. The molecule has 26 nitrogen and oxygen atoms in total. The molecule has 0 saturated heterocycles. The summed E-state index contributed by atoms with van der Waals surface area (Å²) < 4.78 is 0. The lowest BCUT2D eigenvalue weighted by atomic mass is 9.92. The Morgan fingerprint density at radius 3 is 1.35 bits per heavy atom. The lowest BCUT2D eigenvalue weighted by molar-refractivity contribution is 0.0714. The van der Waals surface area contributed by atoms with E-state index in [1.165, 1.54) is 30.1 Å². The number of aromatic amines is 5. The number of nitrogens with zero attached hydrogens (tertiary/aromatic N) is 8.